The molecule has 0 radical (unpaired) electrons. The molecule has 2 aliphatic carbocycles. The van der Waals surface area contributed by atoms with Crippen molar-refractivity contribution in [1.82, 2.24) is 0 Å². The molecule has 2 saturated carbocycles. The molecule has 192 valence electrons. The van der Waals surface area contributed by atoms with Gasteiger partial charge < -0.3 is 0 Å². The maximum Gasteiger partial charge on any atom is 0.133 e. The van der Waals surface area contributed by atoms with E-state index in [4.69, 9.17) is 0 Å². The molecule has 0 nitrogen and oxygen atoms in total. The molecule has 35 heavy (non-hydrogen) atoms. The summed E-state index contributed by atoms with van der Waals surface area (Å²) in [6, 6.07) is 5.56. The van der Waals surface area contributed by atoms with E-state index < -0.39 is 23.3 Å². The molecule has 4 rings (SSSR count). The molecular formula is C31H40F4. The molecule has 0 aromatic heterocycles. The van der Waals surface area contributed by atoms with Crippen LogP contribution in [0, 0.1) is 46.9 Å². The molecule has 0 saturated heterocycles. The summed E-state index contributed by atoms with van der Waals surface area (Å²) >= 11 is 0. The Balaban J connectivity index is 1.26. The van der Waals surface area contributed by atoms with Crippen molar-refractivity contribution in [3.05, 3.63) is 59.2 Å². The lowest BCUT2D eigenvalue weighted by Gasteiger charge is -2.38. The number of hydrogen-bond acceptors (Lipinski definition) is 0. The number of rotatable bonds is 9. The Hall–Kier alpha value is -1.84. The predicted octanol–water partition coefficient (Wildman–Crippen LogP) is 10.0. The van der Waals surface area contributed by atoms with Crippen LogP contribution in [0.1, 0.15) is 96.0 Å². The van der Waals surface area contributed by atoms with Crippen LogP contribution in [0.4, 0.5) is 17.6 Å². The molecule has 0 atom stereocenters. The first kappa shape index (κ1) is 26.2. The molecule has 4 heteroatoms. The van der Waals surface area contributed by atoms with Crippen molar-refractivity contribution in [3.8, 4) is 11.1 Å². The van der Waals surface area contributed by atoms with E-state index in [1.807, 2.05) is 0 Å². The van der Waals surface area contributed by atoms with E-state index in [2.05, 4.69) is 6.92 Å². The van der Waals surface area contributed by atoms with E-state index in [-0.39, 0.29) is 16.7 Å². The molecule has 2 fully saturated rings. The molecular weight excluding hydrogens is 448 g/mol. The van der Waals surface area contributed by atoms with Gasteiger partial charge in [0.15, 0.2) is 0 Å². The highest BCUT2D eigenvalue weighted by Crippen LogP contribution is 2.43. The molecule has 2 aromatic carbocycles. The number of benzene rings is 2. The lowest BCUT2D eigenvalue weighted by Crippen LogP contribution is -2.26. The van der Waals surface area contributed by atoms with Crippen LogP contribution in [0.2, 0.25) is 0 Å². The fourth-order valence-electron chi connectivity index (χ4n) is 6.69. The molecule has 0 aliphatic heterocycles. The minimum Gasteiger partial charge on any atom is -0.207 e. The van der Waals surface area contributed by atoms with Gasteiger partial charge in [-0.1, -0.05) is 64.4 Å². The van der Waals surface area contributed by atoms with E-state index >= 15 is 0 Å². The van der Waals surface area contributed by atoms with Gasteiger partial charge >= 0.3 is 0 Å². The van der Waals surface area contributed by atoms with E-state index in [9.17, 15) is 17.6 Å². The van der Waals surface area contributed by atoms with Gasteiger partial charge in [0.05, 0.1) is 5.56 Å². The second kappa shape index (κ2) is 12.4. The lowest BCUT2D eigenvalue weighted by atomic mass is 9.68. The fraction of sp³-hybridized carbons (Fsp3) is 0.613. The highest BCUT2D eigenvalue weighted by atomic mass is 19.1. The Morgan fingerprint density at radius 1 is 0.657 bits per heavy atom. The van der Waals surface area contributed by atoms with Crippen molar-refractivity contribution >= 4 is 0 Å². The number of halogens is 4. The minimum atomic E-state index is -0.821. The maximum atomic E-state index is 14.8. The van der Waals surface area contributed by atoms with Crippen molar-refractivity contribution in [3.63, 3.8) is 0 Å². The fourth-order valence-corrected chi connectivity index (χ4v) is 6.69. The summed E-state index contributed by atoms with van der Waals surface area (Å²) in [6.07, 6.45) is 16.9. The van der Waals surface area contributed by atoms with Gasteiger partial charge in [-0.25, -0.2) is 17.6 Å². The topological polar surface area (TPSA) is 0 Å². The van der Waals surface area contributed by atoms with Gasteiger partial charge in [-0.2, -0.15) is 0 Å². The third kappa shape index (κ3) is 6.68. The molecule has 0 spiro atoms. The SMILES string of the molecule is CCCCC[C@H]1CC[C@H](C2CCC(CCc3c(F)cc(-c4c(F)cccc4F)cc3F)CC2)CC1. The van der Waals surface area contributed by atoms with Crippen LogP contribution in [0.15, 0.2) is 30.3 Å². The van der Waals surface area contributed by atoms with Crippen LogP contribution in [0.5, 0.6) is 0 Å². The van der Waals surface area contributed by atoms with Crippen molar-refractivity contribution < 1.29 is 17.6 Å². The molecule has 2 aromatic rings. The third-order valence-corrected chi connectivity index (χ3v) is 8.86. The van der Waals surface area contributed by atoms with Gasteiger partial charge in [-0.15, -0.1) is 0 Å². The van der Waals surface area contributed by atoms with Gasteiger partial charge in [0, 0.05) is 5.56 Å². The van der Waals surface area contributed by atoms with Crippen molar-refractivity contribution in [2.24, 2.45) is 23.7 Å². The first-order valence-electron chi connectivity index (χ1n) is 13.9. The highest BCUT2D eigenvalue weighted by molar-refractivity contribution is 5.65. The standard InChI is InChI=1S/C31H40F4/c1-2-3-4-6-21-9-14-23(15-10-21)24-16-11-22(12-17-24)13-18-26-29(34)19-25(20-30(26)35)31-27(32)7-5-8-28(31)33/h5,7-8,19-24H,2-4,6,9-18H2,1H3/t21-,22?,23-,24?. The summed E-state index contributed by atoms with van der Waals surface area (Å²) in [5, 5.41) is 0. The Morgan fingerprint density at radius 2 is 1.17 bits per heavy atom. The van der Waals surface area contributed by atoms with Crippen molar-refractivity contribution in [2.75, 3.05) is 0 Å². The van der Waals surface area contributed by atoms with Gasteiger partial charge in [-0.05, 0) is 92.0 Å². The summed E-state index contributed by atoms with van der Waals surface area (Å²) < 4.78 is 57.6. The average molecular weight is 489 g/mol. The number of unbranched alkanes of at least 4 members (excludes halogenated alkanes) is 2. The predicted molar refractivity (Wildman–Crippen MR) is 135 cm³/mol. The Kier molecular flexibility index (Phi) is 9.30. The zero-order valence-corrected chi connectivity index (χ0v) is 21.1. The van der Waals surface area contributed by atoms with E-state index in [1.165, 1.54) is 70.3 Å². The second-order valence-electron chi connectivity index (χ2n) is 11.1. The van der Waals surface area contributed by atoms with Crippen LogP contribution in [-0.2, 0) is 6.42 Å². The van der Waals surface area contributed by atoms with Gasteiger partial charge in [0.25, 0.3) is 0 Å². The van der Waals surface area contributed by atoms with E-state index in [0.29, 0.717) is 12.3 Å². The third-order valence-electron chi connectivity index (χ3n) is 8.86. The largest absolute Gasteiger partial charge is 0.207 e. The smallest absolute Gasteiger partial charge is 0.133 e. The minimum absolute atomic E-state index is 0.0361. The second-order valence-corrected chi connectivity index (χ2v) is 11.1. The van der Waals surface area contributed by atoms with Crippen LogP contribution in [0.3, 0.4) is 0 Å². The Bertz CT molecular complexity index is 909. The summed E-state index contributed by atoms with van der Waals surface area (Å²) in [5.41, 5.74) is -0.445. The van der Waals surface area contributed by atoms with Crippen LogP contribution in [0.25, 0.3) is 11.1 Å². The highest BCUT2D eigenvalue weighted by Gasteiger charge is 2.31. The summed E-state index contributed by atoms with van der Waals surface area (Å²) in [6.45, 7) is 2.27. The van der Waals surface area contributed by atoms with Gasteiger partial charge in [0.1, 0.15) is 23.3 Å². The normalized spacial score (nSPS) is 25.1. The van der Waals surface area contributed by atoms with Gasteiger partial charge in [-0.3, -0.25) is 0 Å². The number of hydrogen-bond donors (Lipinski definition) is 0. The quantitative estimate of drug-likeness (QED) is 0.243. The Morgan fingerprint density at radius 3 is 1.69 bits per heavy atom. The lowest BCUT2D eigenvalue weighted by molar-refractivity contribution is 0.140. The Labute approximate surface area is 208 Å². The molecule has 0 amide bonds. The first-order chi connectivity index (χ1) is 17.0. The summed E-state index contributed by atoms with van der Waals surface area (Å²) in [4.78, 5) is 0. The summed E-state index contributed by atoms with van der Waals surface area (Å²) in [5.74, 6) is 0.0702. The summed E-state index contributed by atoms with van der Waals surface area (Å²) in [7, 11) is 0. The van der Waals surface area contributed by atoms with Crippen molar-refractivity contribution in [1.29, 1.82) is 0 Å². The molecule has 0 unspecified atom stereocenters. The van der Waals surface area contributed by atoms with Gasteiger partial charge in [0.2, 0.25) is 0 Å². The first-order valence-corrected chi connectivity index (χ1v) is 13.9. The molecule has 0 bridgehead atoms. The van der Waals surface area contributed by atoms with E-state index in [0.717, 1.165) is 61.3 Å². The maximum absolute atomic E-state index is 14.8. The average Bonchev–Trinajstić information content (AvgIpc) is 2.84. The van der Waals surface area contributed by atoms with Crippen LogP contribution >= 0.6 is 0 Å². The van der Waals surface area contributed by atoms with Crippen molar-refractivity contribution in [2.45, 2.75) is 96.8 Å². The van der Waals surface area contributed by atoms with Crippen LogP contribution < -0.4 is 0 Å². The molecule has 0 heterocycles. The van der Waals surface area contributed by atoms with Crippen LogP contribution in [-0.4, -0.2) is 0 Å². The molecule has 0 N–H and O–H groups in total. The monoisotopic (exact) mass is 488 g/mol. The molecule has 2 aliphatic rings. The zero-order valence-electron chi connectivity index (χ0n) is 21.1. The zero-order chi connectivity index (χ0) is 24.8. The van der Waals surface area contributed by atoms with E-state index in [1.54, 1.807) is 0 Å².